The molecule has 1 atom stereocenters. The Morgan fingerprint density at radius 2 is 2.64 bits per heavy atom. The van der Waals surface area contributed by atoms with Gasteiger partial charge in [0.25, 0.3) is 0 Å². The number of hydrogen-bond acceptors (Lipinski definition) is 5. The molecule has 0 amide bonds. The molecule has 0 bridgehead atoms. The average Bonchev–Trinajstić information content (AvgIpc) is 2.71. The third kappa shape index (κ3) is 2.30. The first-order valence-electron chi connectivity index (χ1n) is 5.03. The van der Waals surface area contributed by atoms with Gasteiger partial charge in [-0.15, -0.1) is 0 Å². The van der Waals surface area contributed by atoms with Gasteiger partial charge in [0, 0.05) is 12.6 Å². The highest BCUT2D eigenvalue weighted by molar-refractivity contribution is 4.81. The van der Waals surface area contributed by atoms with Crippen LogP contribution < -0.4 is 5.32 Å². The van der Waals surface area contributed by atoms with Crippen LogP contribution >= 0.6 is 0 Å². The number of piperidine rings is 1. The molecule has 1 aromatic rings. The van der Waals surface area contributed by atoms with Crippen molar-refractivity contribution >= 4 is 0 Å². The van der Waals surface area contributed by atoms with Crippen LogP contribution in [-0.2, 0) is 6.54 Å². The van der Waals surface area contributed by atoms with E-state index in [2.05, 4.69) is 20.4 Å². The van der Waals surface area contributed by atoms with Crippen molar-refractivity contribution in [2.75, 3.05) is 20.1 Å². The van der Waals surface area contributed by atoms with E-state index in [-0.39, 0.29) is 0 Å². The molecule has 0 aliphatic carbocycles. The smallest absolute Gasteiger partial charge is 0.240 e. The van der Waals surface area contributed by atoms with Crippen molar-refractivity contribution in [3.8, 4) is 0 Å². The van der Waals surface area contributed by atoms with E-state index in [9.17, 15) is 0 Å². The van der Waals surface area contributed by atoms with Crippen LogP contribution in [0.4, 0.5) is 0 Å². The second-order valence-electron chi connectivity index (χ2n) is 3.70. The van der Waals surface area contributed by atoms with Crippen molar-refractivity contribution in [2.45, 2.75) is 25.4 Å². The minimum atomic E-state index is 0.603. The molecule has 1 fully saturated rings. The maximum absolute atomic E-state index is 4.98. The summed E-state index contributed by atoms with van der Waals surface area (Å²) >= 11 is 0. The number of rotatable bonds is 3. The molecule has 5 nitrogen and oxygen atoms in total. The van der Waals surface area contributed by atoms with E-state index in [1.54, 1.807) is 0 Å². The molecule has 1 aromatic heterocycles. The van der Waals surface area contributed by atoms with Crippen LogP contribution in [0, 0.1) is 0 Å². The van der Waals surface area contributed by atoms with Crippen molar-refractivity contribution in [1.82, 2.24) is 20.4 Å². The van der Waals surface area contributed by atoms with Gasteiger partial charge in [-0.25, -0.2) is 0 Å². The molecule has 1 aliphatic heterocycles. The molecule has 0 radical (unpaired) electrons. The number of hydrogen-bond donors (Lipinski definition) is 1. The zero-order chi connectivity index (χ0) is 9.80. The number of likely N-dealkylation sites (N-methyl/N-ethyl adjacent to an activating group) is 1. The van der Waals surface area contributed by atoms with Crippen molar-refractivity contribution in [2.24, 2.45) is 0 Å². The summed E-state index contributed by atoms with van der Waals surface area (Å²) in [5, 5.41) is 6.90. The van der Waals surface area contributed by atoms with E-state index < -0.39 is 0 Å². The Labute approximate surface area is 83.5 Å². The molecule has 0 aromatic carbocycles. The number of nitrogens with one attached hydrogen (secondary N) is 1. The lowest BCUT2D eigenvalue weighted by molar-refractivity contribution is 0.167. The van der Waals surface area contributed by atoms with Crippen LogP contribution in [0.2, 0.25) is 0 Å². The Balaban J connectivity index is 1.86. The molecule has 2 rings (SSSR count). The molecule has 2 heterocycles. The van der Waals surface area contributed by atoms with E-state index >= 15 is 0 Å². The van der Waals surface area contributed by atoms with E-state index in [1.807, 2.05) is 7.05 Å². The van der Waals surface area contributed by atoms with Crippen molar-refractivity contribution < 1.29 is 4.52 Å². The van der Waals surface area contributed by atoms with E-state index in [4.69, 9.17) is 4.52 Å². The molecule has 1 aliphatic rings. The van der Waals surface area contributed by atoms with Gasteiger partial charge in [0.1, 0.15) is 0 Å². The topological polar surface area (TPSA) is 54.2 Å². The molecule has 0 spiro atoms. The summed E-state index contributed by atoms with van der Waals surface area (Å²) in [6.07, 6.45) is 3.95. The van der Waals surface area contributed by atoms with Gasteiger partial charge in [-0.05, 0) is 26.4 Å². The van der Waals surface area contributed by atoms with E-state index in [0.717, 1.165) is 19.6 Å². The van der Waals surface area contributed by atoms with Crippen LogP contribution in [0.1, 0.15) is 18.7 Å². The van der Waals surface area contributed by atoms with Crippen molar-refractivity contribution in [3.05, 3.63) is 12.2 Å². The fraction of sp³-hybridized carbons (Fsp3) is 0.778. The lowest BCUT2D eigenvalue weighted by Crippen LogP contribution is -2.43. The molecular formula is C9H16N4O. The second-order valence-corrected chi connectivity index (χ2v) is 3.70. The molecular weight excluding hydrogens is 180 g/mol. The maximum atomic E-state index is 4.98. The fourth-order valence-corrected chi connectivity index (χ4v) is 1.89. The Hall–Kier alpha value is -0.940. The Morgan fingerprint density at radius 1 is 1.71 bits per heavy atom. The molecule has 14 heavy (non-hydrogen) atoms. The fourth-order valence-electron chi connectivity index (χ4n) is 1.89. The van der Waals surface area contributed by atoms with Crippen LogP contribution in [0.15, 0.2) is 10.9 Å². The number of likely N-dealkylation sites (tertiary alicyclic amines) is 1. The first kappa shape index (κ1) is 9.61. The van der Waals surface area contributed by atoms with Crippen molar-refractivity contribution in [1.29, 1.82) is 0 Å². The zero-order valence-electron chi connectivity index (χ0n) is 8.44. The lowest BCUT2D eigenvalue weighted by atomic mass is 10.1. The van der Waals surface area contributed by atoms with Gasteiger partial charge in [-0.2, -0.15) is 4.98 Å². The highest BCUT2D eigenvalue weighted by Crippen LogP contribution is 2.11. The van der Waals surface area contributed by atoms with Gasteiger partial charge >= 0.3 is 0 Å². The summed E-state index contributed by atoms with van der Waals surface area (Å²) in [5.74, 6) is 0.710. The normalized spacial score (nSPS) is 23.9. The minimum Gasteiger partial charge on any atom is -0.338 e. The molecule has 1 N–H and O–H groups in total. The standard InChI is InChI=1S/C9H16N4O/c1-10-8-3-2-4-13(5-8)6-9-11-7-12-14-9/h7-8,10H,2-6H2,1H3. The summed E-state index contributed by atoms with van der Waals surface area (Å²) in [6.45, 7) is 2.97. The van der Waals surface area contributed by atoms with Crippen LogP contribution in [0.25, 0.3) is 0 Å². The van der Waals surface area contributed by atoms with Gasteiger partial charge in [0.15, 0.2) is 6.33 Å². The summed E-state index contributed by atoms with van der Waals surface area (Å²) in [7, 11) is 2.01. The Kier molecular flexibility index (Phi) is 3.10. The van der Waals surface area contributed by atoms with E-state index in [0.29, 0.717) is 11.9 Å². The van der Waals surface area contributed by atoms with Crippen LogP contribution in [-0.4, -0.2) is 41.2 Å². The second kappa shape index (κ2) is 4.52. The summed E-state index contributed by atoms with van der Waals surface area (Å²) in [5.41, 5.74) is 0. The Morgan fingerprint density at radius 3 is 3.36 bits per heavy atom. The monoisotopic (exact) mass is 196 g/mol. The predicted molar refractivity (Wildman–Crippen MR) is 51.7 cm³/mol. The quantitative estimate of drug-likeness (QED) is 0.751. The molecule has 1 saturated heterocycles. The van der Waals surface area contributed by atoms with Gasteiger partial charge in [0.2, 0.25) is 5.89 Å². The highest BCUT2D eigenvalue weighted by Gasteiger charge is 2.19. The van der Waals surface area contributed by atoms with Crippen molar-refractivity contribution in [3.63, 3.8) is 0 Å². The Bertz CT molecular complexity index is 262. The SMILES string of the molecule is CNC1CCCN(Cc2ncno2)C1. The summed E-state index contributed by atoms with van der Waals surface area (Å²) in [4.78, 5) is 6.37. The summed E-state index contributed by atoms with van der Waals surface area (Å²) < 4.78 is 4.98. The maximum Gasteiger partial charge on any atom is 0.240 e. The first-order valence-corrected chi connectivity index (χ1v) is 5.03. The molecule has 0 saturated carbocycles. The number of aromatic nitrogens is 2. The first-order chi connectivity index (χ1) is 6.88. The predicted octanol–water partition coefficient (Wildman–Crippen LogP) is 0.253. The van der Waals surface area contributed by atoms with E-state index in [1.165, 1.54) is 19.2 Å². The zero-order valence-corrected chi connectivity index (χ0v) is 8.44. The van der Waals surface area contributed by atoms with Gasteiger partial charge < -0.3 is 9.84 Å². The third-order valence-electron chi connectivity index (χ3n) is 2.68. The third-order valence-corrected chi connectivity index (χ3v) is 2.68. The molecule has 1 unspecified atom stereocenters. The minimum absolute atomic E-state index is 0.603. The molecule has 78 valence electrons. The summed E-state index contributed by atoms with van der Waals surface area (Å²) in [6, 6.07) is 0.603. The number of nitrogens with zero attached hydrogens (tertiary/aromatic N) is 3. The van der Waals surface area contributed by atoms with Gasteiger partial charge in [-0.3, -0.25) is 4.90 Å². The average molecular weight is 196 g/mol. The van der Waals surface area contributed by atoms with Crippen LogP contribution in [0.5, 0.6) is 0 Å². The highest BCUT2D eigenvalue weighted by atomic mass is 16.5. The van der Waals surface area contributed by atoms with Crippen LogP contribution in [0.3, 0.4) is 0 Å². The van der Waals surface area contributed by atoms with Gasteiger partial charge in [-0.1, -0.05) is 5.16 Å². The van der Waals surface area contributed by atoms with Gasteiger partial charge in [0.05, 0.1) is 6.54 Å². The molecule has 5 heteroatoms. The lowest BCUT2D eigenvalue weighted by Gasteiger charge is -2.31. The largest absolute Gasteiger partial charge is 0.338 e.